The van der Waals surface area contributed by atoms with Crippen LogP contribution in [0.2, 0.25) is 0 Å². The number of hydrogen-bond acceptors (Lipinski definition) is 2. The van der Waals surface area contributed by atoms with E-state index in [1.807, 2.05) is 0 Å². The van der Waals surface area contributed by atoms with E-state index in [-0.39, 0.29) is 32.8 Å². The van der Waals surface area contributed by atoms with Crippen molar-refractivity contribution in [3.05, 3.63) is 35.4 Å². The normalized spacial score (nSPS) is 8.62. The Labute approximate surface area is 89.1 Å². The van der Waals surface area contributed by atoms with Crippen molar-refractivity contribution in [1.29, 1.82) is 0 Å². The Morgan fingerprint density at radius 1 is 0.846 bits per heavy atom. The van der Waals surface area contributed by atoms with Gasteiger partial charge in [-0.1, -0.05) is 0 Å². The van der Waals surface area contributed by atoms with Gasteiger partial charge in [-0.25, -0.2) is 9.59 Å². The van der Waals surface area contributed by atoms with Crippen LogP contribution in [0.1, 0.15) is 20.7 Å². The molecule has 0 aliphatic heterocycles. The maximum absolute atomic E-state index is 10.3. The van der Waals surface area contributed by atoms with Crippen molar-refractivity contribution in [1.82, 2.24) is 0 Å². The zero-order chi connectivity index (χ0) is 9.14. The molecule has 0 saturated heterocycles. The Morgan fingerprint density at radius 2 is 1.08 bits per heavy atom. The molecule has 0 saturated carbocycles. The van der Waals surface area contributed by atoms with Gasteiger partial charge in [0.1, 0.15) is 0 Å². The van der Waals surface area contributed by atoms with Gasteiger partial charge in [0, 0.05) is 21.7 Å². The number of rotatable bonds is 2. The summed E-state index contributed by atoms with van der Waals surface area (Å²) >= 11 is 0. The van der Waals surface area contributed by atoms with Gasteiger partial charge in [-0.3, -0.25) is 0 Å². The van der Waals surface area contributed by atoms with E-state index in [9.17, 15) is 9.59 Å². The molecule has 0 heterocycles. The molecule has 0 spiro atoms. The monoisotopic (exact) mass is 214 g/mol. The second-order valence-electron chi connectivity index (χ2n) is 2.19. The molecule has 0 aromatic heterocycles. The fraction of sp³-hybridized carbons (Fsp3) is 0. The predicted molar refractivity (Wildman–Crippen MR) is 40.4 cm³/mol. The quantitative estimate of drug-likeness (QED) is 0.722. The van der Waals surface area contributed by atoms with E-state index >= 15 is 0 Å². The number of hydrogen-bond donors (Lipinski definition) is 2. The van der Waals surface area contributed by atoms with Crippen molar-refractivity contribution in [2.24, 2.45) is 0 Å². The van der Waals surface area contributed by atoms with Crippen LogP contribution >= 0.6 is 0 Å². The van der Waals surface area contributed by atoms with Crippen molar-refractivity contribution < 1.29 is 41.5 Å². The first-order valence-corrected chi connectivity index (χ1v) is 3.18. The number of carboxylic acid groups (broad SMARTS) is 2. The van der Waals surface area contributed by atoms with Gasteiger partial charge in [0.2, 0.25) is 0 Å². The molecule has 0 aliphatic rings. The summed E-state index contributed by atoms with van der Waals surface area (Å²) in [4.78, 5) is 20.7. The summed E-state index contributed by atoms with van der Waals surface area (Å²) in [5.41, 5.74) is 0.167. The van der Waals surface area contributed by atoms with E-state index in [1.54, 1.807) is 0 Å². The largest absolute Gasteiger partial charge is 0.478 e. The van der Waals surface area contributed by atoms with E-state index in [1.165, 1.54) is 24.3 Å². The Kier molecular flexibility index (Phi) is 4.38. The third kappa shape index (κ3) is 3.01. The molecule has 0 bridgehead atoms. The fourth-order valence-electron chi connectivity index (χ4n) is 0.755. The van der Waals surface area contributed by atoms with Gasteiger partial charge in [0.25, 0.3) is 0 Å². The summed E-state index contributed by atoms with van der Waals surface area (Å²) < 4.78 is 0. The van der Waals surface area contributed by atoms with Crippen LogP contribution in [-0.2, 0) is 21.7 Å². The molecule has 1 aromatic carbocycles. The molecule has 0 aliphatic carbocycles. The number of benzene rings is 1. The molecule has 0 atom stereocenters. The van der Waals surface area contributed by atoms with Crippen molar-refractivity contribution in [3.8, 4) is 0 Å². The minimum Gasteiger partial charge on any atom is -0.478 e. The average Bonchev–Trinajstić information content (AvgIpc) is 2.04. The van der Waals surface area contributed by atoms with Gasteiger partial charge in [-0.05, 0) is 24.3 Å². The van der Waals surface area contributed by atoms with Crippen molar-refractivity contribution in [3.63, 3.8) is 0 Å². The second-order valence-corrected chi connectivity index (χ2v) is 2.19. The second kappa shape index (κ2) is 4.79. The molecule has 0 unspecified atom stereocenters. The zero-order valence-electron chi connectivity index (χ0n) is 6.52. The third-order valence-corrected chi connectivity index (χ3v) is 1.38. The van der Waals surface area contributed by atoms with Gasteiger partial charge >= 0.3 is 11.9 Å². The van der Waals surface area contributed by atoms with E-state index in [0.717, 1.165) is 0 Å². The van der Waals surface area contributed by atoms with Crippen LogP contribution < -0.4 is 0 Å². The Bertz CT molecular complexity index is 284. The van der Waals surface area contributed by atoms with Crippen LogP contribution in [0.3, 0.4) is 0 Å². The molecule has 1 rings (SSSR count). The molecular formula is C8H6O4Ti. The van der Waals surface area contributed by atoms with E-state index < -0.39 is 11.9 Å². The van der Waals surface area contributed by atoms with Crippen LogP contribution in [0.4, 0.5) is 0 Å². The molecule has 1 aromatic rings. The number of aromatic carboxylic acids is 2. The average molecular weight is 214 g/mol. The standard InChI is InChI=1S/C8H6O4.Ti/c9-7(10)5-1-2-6(4-3-5)8(11)12;/h1-4H,(H,9,10)(H,11,12);. The van der Waals surface area contributed by atoms with Crippen molar-refractivity contribution in [2.75, 3.05) is 0 Å². The van der Waals surface area contributed by atoms with Crippen LogP contribution in [0.5, 0.6) is 0 Å². The van der Waals surface area contributed by atoms with E-state index in [0.29, 0.717) is 0 Å². The number of carbonyl (C=O) groups is 2. The molecule has 66 valence electrons. The van der Waals surface area contributed by atoms with Gasteiger partial charge < -0.3 is 10.2 Å². The zero-order valence-corrected chi connectivity index (χ0v) is 8.08. The number of carboxylic acids is 2. The Balaban J connectivity index is 0.00000144. The van der Waals surface area contributed by atoms with Gasteiger partial charge in [-0.15, -0.1) is 0 Å². The van der Waals surface area contributed by atoms with Crippen LogP contribution in [0.25, 0.3) is 0 Å². The Hall–Kier alpha value is -1.13. The molecule has 4 nitrogen and oxygen atoms in total. The van der Waals surface area contributed by atoms with Gasteiger partial charge in [0.05, 0.1) is 11.1 Å². The first-order valence-electron chi connectivity index (χ1n) is 3.18. The maximum atomic E-state index is 10.3. The summed E-state index contributed by atoms with van der Waals surface area (Å²) in [6, 6.07) is 5.02. The van der Waals surface area contributed by atoms with E-state index in [2.05, 4.69) is 0 Å². The fourth-order valence-corrected chi connectivity index (χ4v) is 0.755. The summed E-state index contributed by atoms with van der Waals surface area (Å²) in [6.45, 7) is 0. The summed E-state index contributed by atoms with van der Waals surface area (Å²) in [5.74, 6) is -2.13. The first-order chi connectivity index (χ1) is 5.61. The van der Waals surface area contributed by atoms with Crippen molar-refractivity contribution >= 4 is 11.9 Å². The molecule has 0 amide bonds. The predicted octanol–water partition coefficient (Wildman–Crippen LogP) is 1.08. The van der Waals surface area contributed by atoms with Gasteiger partial charge in [0.15, 0.2) is 0 Å². The topological polar surface area (TPSA) is 74.6 Å². The van der Waals surface area contributed by atoms with Crippen LogP contribution in [0.15, 0.2) is 24.3 Å². The first kappa shape index (κ1) is 11.9. The van der Waals surface area contributed by atoms with Crippen LogP contribution in [-0.4, -0.2) is 22.2 Å². The molecule has 2 N–H and O–H groups in total. The Morgan fingerprint density at radius 3 is 1.23 bits per heavy atom. The summed E-state index contributed by atoms with van der Waals surface area (Å²) in [7, 11) is 0. The molecule has 13 heavy (non-hydrogen) atoms. The molecular weight excluding hydrogens is 208 g/mol. The molecule has 0 fully saturated rings. The minimum atomic E-state index is -1.06. The summed E-state index contributed by atoms with van der Waals surface area (Å²) in [6.07, 6.45) is 0. The molecule has 5 heteroatoms. The van der Waals surface area contributed by atoms with Crippen LogP contribution in [0, 0.1) is 0 Å². The minimum absolute atomic E-state index is 0. The third-order valence-electron chi connectivity index (χ3n) is 1.38. The smallest absolute Gasteiger partial charge is 0.335 e. The van der Waals surface area contributed by atoms with Crippen molar-refractivity contribution in [2.45, 2.75) is 0 Å². The maximum Gasteiger partial charge on any atom is 0.335 e. The van der Waals surface area contributed by atoms with E-state index in [4.69, 9.17) is 10.2 Å². The molecule has 0 radical (unpaired) electrons. The SMILES string of the molecule is O=C(O)c1ccc(C(=O)O)cc1.[Ti]. The van der Waals surface area contributed by atoms with Gasteiger partial charge in [-0.2, -0.15) is 0 Å². The summed E-state index contributed by atoms with van der Waals surface area (Å²) in [5, 5.41) is 16.9.